The van der Waals surface area contributed by atoms with Crippen LogP contribution >= 0.6 is 0 Å². The molecule has 0 radical (unpaired) electrons. The van der Waals surface area contributed by atoms with Crippen LogP contribution in [-0.2, 0) is 16.8 Å². The van der Waals surface area contributed by atoms with Crippen LogP contribution in [-0.4, -0.2) is 37.2 Å². The highest BCUT2D eigenvalue weighted by molar-refractivity contribution is 5.39. The molecule has 0 bridgehead atoms. The smallest absolute Gasteiger partial charge is 0.243 e. The molecule has 1 spiro atoms. The highest BCUT2D eigenvalue weighted by atomic mass is 16.5. The van der Waals surface area contributed by atoms with Gasteiger partial charge in [-0.2, -0.15) is 4.98 Å². The fourth-order valence-corrected chi connectivity index (χ4v) is 3.02. The Labute approximate surface area is 112 Å². The molecule has 1 aromatic rings. The number of quaternary nitrogens is 1. The molecule has 104 valence electrons. The Bertz CT molecular complexity index is 501. The van der Waals surface area contributed by atoms with Crippen molar-refractivity contribution in [3.8, 4) is 5.88 Å². The third kappa shape index (κ3) is 2.11. The van der Waals surface area contributed by atoms with Crippen LogP contribution < -0.4 is 15.4 Å². The first-order valence-electron chi connectivity index (χ1n) is 6.69. The van der Waals surface area contributed by atoms with Gasteiger partial charge in [-0.3, -0.25) is 0 Å². The minimum Gasteiger partial charge on any atom is -0.422 e. The lowest BCUT2D eigenvalue weighted by Crippen LogP contribution is -3.10. The van der Waals surface area contributed by atoms with Gasteiger partial charge in [0.05, 0.1) is 25.8 Å². The van der Waals surface area contributed by atoms with Crippen molar-refractivity contribution in [2.24, 2.45) is 5.73 Å². The number of aromatic amines is 1. The van der Waals surface area contributed by atoms with Gasteiger partial charge in [-0.1, -0.05) is 0 Å². The van der Waals surface area contributed by atoms with Crippen molar-refractivity contribution in [1.82, 2.24) is 9.97 Å². The molecule has 2 aliphatic rings. The molecule has 19 heavy (non-hydrogen) atoms. The van der Waals surface area contributed by atoms with E-state index >= 15 is 0 Å². The van der Waals surface area contributed by atoms with E-state index in [1.54, 1.807) is 12.0 Å². The average molecular weight is 265 g/mol. The lowest BCUT2D eigenvalue weighted by Gasteiger charge is -2.37. The van der Waals surface area contributed by atoms with Gasteiger partial charge in [0.1, 0.15) is 12.4 Å². The number of allylic oxidation sites excluding steroid dienone is 1. The summed E-state index contributed by atoms with van der Waals surface area (Å²) in [7, 11) is 3.88. The van der Waals surface area contributed by atoms with Crippen LogP contribution in [0.15, 0.2) is 12.0 Å². The van der Waals surface area contributed by atoms with Gasteiger partial charge in [0.2, 0.25) is 5.88 Å². The first-order valence-corrected chi connectivity index (χ1v) is 6.69. The molecule has 0 aliphatic carbocycles. The predicted octanol–water partition coefficient (Wildman–Crippen LogP) is -0.705. The van der Waals surface area contributed by atoms with Crippen LogP contribution in [0.3, 0.4) is 0 Å². The number of nitrogens with two attached hydrogens (primary N) is 1. The monoisotopic (exact) mass is 265 g/mol. The largest absolute Gasteiger partial charge is 0.422 e. The molecular formula is C13H21N4O2+. The summed E-state index contributed by atoms with van der Waals surface area (Å²) >= 11 is 0. The quantitative estimate of drug-likeness (QED) is 0.660. The number of nitrogens with zero attached hydrogens (tertiary/aromatic N) is 1. The van der Waals surface area contributed by atoms with Crippen LogP contribution in [0.1, 0.15) is 24.4 Å². The molecule has 0 aromatic carbocycles. The fraction of sp³-hybridized carbons (Fsp3) is 0.615. The minimum absolute atomic E-state index is 0.0455. The molecule has 0 saturated carbocycles. The van der Waals surface area contributed by atoms with Crippen molar-refractivity contribution in [1.29, 1.82) is 0 Å². The van der Waals surface area contributed by atoms with Gasteiger partial charge in [0.15, 0.2) is 5.88 Å². The van der Waals surface area contributed by atoms with Crippen molar-refractivity contribution in [2.75, 3.05) is 27.2 Å². The Hall–Kier alpha value is -1.53. The zero-order valence-electron chi connectivity index (χ0n) is 11.5. The van der Waals surface area contributed by atoms with E-state index in [0.29, 0.717) is 18.4 Å². The Kier molecular flexibility index (Phi) is 2.99. The first-order chi connectivity index (χ1) is 9.13. The zero-order chi connectivity index (χ0) is 13.5. The van der Waals surface area contributed by atoms with Crippen LogP contribution in [0.5, 0.6) is 5.88 Å². The number of hydrogen-bond acceptors (Lipinski definition) is 4. The van der Waals surface area contributed by atoms with Gasteiger partial charge in [0.25, 0.3) is 0 Å². The Morgan fingerprint density at radius 2 is 2.26 bits per heavy atom. The van der Waals surface area contributed by atoms with Crippen molar-refractivity contribution < 1.29 is 14.4 Å². The zero-order valence-corrected chi connectivity index (χ0v) is 11.5. The number of H-pyrrole nitrogens is 1. The van der Waals surface area contributed by atoms with E-state index in [1.807, 2.05) is 0 Å². The second-order valence-corrected chi connectivity index (χ2v) is 5.56. The maximum Gasteiger partial charge on any atom is 0.243 e. The molecule has 3 heterocycles. The van der Waals surface area contributed by atoms with E-state index in [9.17, 15) is 0 Å². The summed E-state index contributed by atoms with van der Waals surface area (Å²) in [5.41, 5.74) is 6.93. The summed E-state index contributed by atoms with van der Waals surface area (Å²) in [6.45, 7) is 2.71. The summed E-state index contributed by atoms with van der Waals surface area (Å²) in [4.78, 5) is 9.35. The molecule has 6 nitrogen and oxygen atoms in total. The number of likely N-dealkylation sites (tertiary alicyclic amines) is 1. The van der Waals surface area contributed by atoms with Crippen LogP contribution in [0.4, 0.5) is 0 Å². The number of ether oxygens (including phenoxy) is 2. The SMILES string of the molecule is COCc1nc2c([nH]1)C1(C=C(N)O2)CC[NH+](C)CC1. The van der Waals surface area contributed by atoms with E-state index in [0.717, 1.165) is 37.4 Å². The molecule has 3 rings (SSSR count). The van der Waals surface area contributed by atoms with Gasteiger partial charge in [0, 0.05) is 25.4 Å². The lowest BCUT2D eigenvalue weighted by atomic mass is 9.75. The number of fused-ring (bicyclic) bond motifs is 2. The van der Waals surface area contributed by atoms with Gasteiger partial charge in [-0.25, -0.2) is 0 Å². The molecule has 1 fully saturated rings. The normalized spacial score (nSPS) is 29.8. The van der Waals surface area contributed by atoms with E-state index in [-0.39, 0.29) is 5.41 Å². The topological polar surface area (TPSA) is 77.6 Å². The van der Waals surface area contributed by atoms with E-state index in [4.69, 9.17) is 15.2 Å². The molecule has 4 N–H and O–H groups in total. The Morgan fingerprint density at radius 1 is 1.53 bits per heavy atom. The second kappa shape index (κ2) is 4.54. The van der Waals surface area contributed by atoms with Crippen LogP contribution in [0, 0.1) is 0 Å². The van der Waals surface area contributed by atoms with Crippen molar-refractivity contribution in [3.05, 3.63) is 23.5 Å². The fourth-order valence-electron chi connectivity index (χ4n) is 3.02. The number of imidazole rings is 1. The third-order valence-corrected chi connectivity index (χ3v) is 4.13. The molecule has 0 unspecified atom stereocenters. The maximum atomic E-state index is 5.92. The molecule has 1 saturated heterocycles. The predicted molar refractivity (Wildman–Crippen MR) is 69.7 cm³/mol. The third-order valence-electron chi connectivity index (χ3n) is 4.13. The molecule has 0 atom stereocenters. The van der Waals surface area contributed by atoms with E-state index in [1.165, 1.54) is 0 Å². The number of piperidine rings is 1. The first kappa shape index (κ1) is 12.5. The highest BCUT2D eigenvalue weighted by Crippen LogP contribution is 2.41. The maximum absolute atomic E-state index is 5.92. The standard InChI is InChI=1S/C13H20N4O2/c1-17-5-3-13(4-6-17)7-9(14)19-12-11(13)15-10(16-12)8-18-2/h7H,3-6,8,14H2,1-2H3,(H,15,16)/p+1. The van der Waals surface area contributed by atoms with E-state index < -0.39 is 0 Å². The molecular weight excluding hydrogens is 244 g/mol. The Morgan fingerprint density at radius 3 is 2.95 bits per heavy atom. The number of nitrogens with one attached hydrogen (secondary N) is 2. The molecule has 6 heteroatoms. The number of hydrogen-bond donors (Lipinski definition) is 3. The van der Waals surface area contributed by atoms with Gasteiger partial charge < -0.3 is 25.1 Å². The van der Waals surface area contributed by atoms with Crippen molar-refractivity contribution in [2.45, 2.75) is 24.9 Å². The molecule has 0 amide bonds. The summed E-state index contributed by atoms with van der Waals surface area (Å²) in [5, 5.41) is 0. The van der Waals surface area contributed by atoms with Gasteiger partial charge >= 0.3 is 0 Å². The molecule has 1 aromatic heterocycles. The van der Waals surface area contributed by atoms with Crippen LogP contribution in [0.2, 0.25) is 0 Å². The number of rotatable bonds is 2. The molecule has 2 aliphatic heterocycles. The van der Waals surface area contributed by atoms with Crippen molar-refractivity contribution >= 4 is 0 Å². The lowest BCUT2D eigenvalue weighted by molar-refractivity contribution is -0.886. The Balaban J connectivity index is 1.98. The average Bonchev–Trinajstić information content (AvgIpc) is 2.77. The summed E-state index contributed by atoms with van der Waals surface area (Å²) in [6.07, 6.45) is 4.17. The van der Waals surface area contributed by atoms with Gasteiger partial charge in [-0.15, -0.1) is 0 Å². The summed E-state index contributed by atoms with van der Waals surface area (Å²) < 4.78 is 10.7. The summed E-state index contributed by atoms with van der Waals surface area (Å²) in [6, 6.07) is 0. The van der Waals surface area contributed by atoms with Crippen molar-refractivity contribution in [3.63, 3.8) is 0 Å². The number of methoxy groups -OCH3 is 1. The number of aromatic nitrogens is 2. The van der Waals surface area contributed by atoms with Crippen LogP contribution in [0.25, 0.3) is 0 Å². The summed E-state index contributed by atoms with van der Waals surface area (Å²) in [5.74, 6) is 1.87. The van der Waals surface area contributed by atoms with Gasteiger partial charge in [-0.05, 0) is 6.08 Å². The van der Waals surface area contributed by atoms with E-state index in [2.05, 4.69) is 23.1 Å². The highest BCUT2D eigenvalue weighted by Gasteiger charge is 2.43. The second-order valence-electron chi connectivity index (χ2n) is 5.56. The minimum atomic E-state index is -0.0455.